The molecule has 3 nitrogen and oxygen atoms in total. The summed E-state index contributed by atoms with van der Waals surface area (Å²) in [4.78, 5) is 12.5. The van der Waals surface area contributed by atoms with Crippen molar-refractivity contribution in [3.63, 3.8) is 0 Å². The third-order valence-corrected chi connectivity index (χ3v) is 4.78. The fourth-order valence-electron chi connectivity index (χ4n) is 2.68. The average Bonchev–Trinajstić information content (AvgIpc) is 2.37. The molecule has 0 aromatic rings. The summed E-state index contributed by atoms with van der Waals surface area (Å²) in [5.41, 5.74) is -0.155. The molecule has 0 spiro atoms. The van der Waals surface area contributed by atoms with E-state index in [0.29, 0.717) is 0 Å². The summed E-state index contributed by atoms with van der Waals surface area (Å²) in [7, 11) is 0. The van der Waals surface area contributed by atoms with Crippen molar-refractivity contribution in [2.45, 2.75) is 52.5 Å². The van der Waals surface area contributed by atoms with Gasteiger partial charge in [0.15, 0.2) is 0 Å². The molecule has 0 aliphatic carbocycles. The van der Waals surface area contributed by atoms with Crippen molar-refractivity contribution >= 4 is 17.7 Å². The highest BCUT2D eigenvalue weighted by Crippen LogP contribution is 2.32. The van der Waals surface area contributed by atoms with E-state index in [4.69, 9.17) is 0 Å². The fourth-order valence-corrected chi connectivity index (χ4v) is 3.35. The third kappa shape index (κ3) is 4.47. The number of nitrogens with one attached hydrogen (secondary N) is 2. The van der Waals surface area contributed by atoms with Crippen molar-refractivity contribution in [2.75, 3.05) is 24.6 Å². The molecule has 0 saturated carbocycles. The molecular formula is C14H28N2OS. The van der Waals surface area contributed by atoms with Gasteiger partial charge in [-0.3, -0.25) is 4.79 Å². The van der Waals surface area contributed by atoms with Gasteiger partial charge in [0.2, 0.25) is 5.91 Å². The van der Waals surface area contributed by atoms with Crippen LogP contribution in [-0.2, 0) is 4.79 Å². The van der Waals surface area contributed by atoms with Gasteiger partial charge in [-0.05, 0) is 38.5 Å². The van der Waals surface area contributed by atoms with Gasteiger partial charge in [-0.1, -0.05) is 20.3 Å². The topological polar surface area (TPSA) is 41.1 Å². The Morgan fingerprint density at radius 3 is 2.83 bits per heavy atom. The first-order valence-electron chi connectivity index (χ1n) is 7.24. The summed E-state index contributed by atoms with van der Waals surface area (Å²) >= 11 is 1.89. The van der Waals surface area contributed by atoms with Crippen molar-refractivity contribution < 1.29 is 4.79 Å². The van der Waals surface area contributed by atoms with E-state index in [2.05, 4.69) is 31.4 Å². The Hall–Kier alpha value is -0.220. The first kappa shape index (κ1) is 15.8. The zero-order valence-electron chi connectivity index (χ0n) is 12.1. The van der Waals surface area contributed by atoms with E-state index in [9.17, 15) is 4.79 Å². The summed E-state index contributed by atoms with van der Waals surface area (Å²) < 4.78 is 0. The maximum Gasteiger partial charge on any atom is 0.227 e. The van der Waals surface area contributed by atoms with E-state index in [1.807, 2.05) is 11.8 Å². The molecule has 0 aromatic heterocycles. The predicted octanol–water partition coefficient (Wildman–Crippen LogP) is 2.41. The normalized spacial score (nSPS) is 25.7. The van der Waals surface area contributed by atoms with Crippen molar-refractivity contribution in [1.29, 1.82) is 0 Å². The molecule has 0 radical (unpaired) electrons. The van der Waals surface area contributed by atoms with Gasteiger partial charge in [0.25, 0.3) is 0 Å². The quantitative estimate of drug-likeness (QED) is 0.748. The second kappa shape index (κ2) is 8.05. The van der Waals surface area contributed by atoms with E-state index in [1.54, 1.807) is 0 Å². The molecule has 0 aromatic carbocycles. The summed E-state index contributed by atoms with van der Waals surface area (Å²) in [6.45, 7) is 8.33. The van der Waals surface area contributed by atoms with Gasteiger partial charge in [-0.25, -0.2) is 0 Å². The van der Waals surface area contributed by atoms with Crippen molar-refractivity contribution in [3.05, 3.63) is 0 Å². The van der Waals surface area contributed by atoms with Crippen LogP contribution < -0.4 is 10.6 Å². The zero-order valence-corrected chi connectivity index (χ0v) is 12.9. The van der Waals surface area contributed by atoms with E-state index >= 15 is 0 Å². The second-order valence-electron chi connectivity index (χ2n) is 5.34. The van der Waals surface area contributed by atoms with Crippen LogP contribution in [0.4, 0.5) is 0 Å². The number of carbonyl (C=O) groups is 1. The minimum atomic E-state index is -0.155. The van der Waals surface area contributed by atoms with Crippen LogP contribution in [0.1, 0.15) is 46.5 Å². The predicted molar refractivity (Wildman–Crippen MR) is 80.0 cm³/mol. The fraction of sp³-hybridized carbons (Fsp3) is 0.929. The van der Waals surface area contributed by atoms with Crippen LogP contribution in [0.25, 0.3) is 0 Å². The Labute approximate surface area is 116 Å². The van der Waals surface area contributed by atoms with Crippen molar-refractivity contribution in [2.24, 2.45) is 5.41 Å². The van der Waals surface area contributed by atoms with E-state index in [-0.39, 0.29) is 17.4 Å². The number of hydrogen-bond acceptors (Lipinski definition) is 3. The van der Waals surface area contributed by atoms with E-state index in [1.165, 1.54) is 0 Å². The molecule has 1 aliphatic heterocycles. The Balaban J connectivity index is 2.53. The van der Waals surface area contributed by atoms with Gasteiger partial charge in [0.1, 0.15) is 0 Å². The summed E-state index contributed by atoms with van der Waals surface area (Å²) in [6.07, 6.45) is 4.23. The number of carbonyl (C=O) groups excluding carboxylic acids is 1. The van der Waals surface area contributed by atoms with Gasteiger partial charge < -0.3 is 10.6 Å². The Morgan fingerprint density at radius 1 is 1.50 bits per heavy atom. The molecule has 1 rings (SSSR count). The number of thioether (sulfide) groups is 1. The standard InChI is InChI=1S/C14H28N2OS/c1-4-7-14(8-6-9-15-11-14)13(17)16-12(3)10-18-5-2/h12,15H,4-11H2,1-3H3,(H,16,17). The molecule has 0 bridgehead atoms. The SMILES string of the molecule is CCCC1(C(=O)NC(C)CSCC)CCCNC1. The maximum atomic E-state index is 12.5. The Bertz CT molecular complexity index is 247. The lowest BCUT2D eigenvalue weighted by Crippen LogP contribution is -2.52. The minimum Gasteiger partial charge on any atom is -0.352 e. The first-order chi connectivity index (χ1) is 8.64. The number of rotatable bonds is 7. The lowest BCUT2D eigenvalue weighted by atomic mass is 9.76. The molecule has 4 heteroatoms. The average molecular weight is 272 g/mol. The Kier molecular flexibility index (Phi) is 7.08. The molecule has 106 valence electrons. The summed E-state index contributed by atoms with van der Waals surface area (Å²) in [6, 6.07) is 0.276. The Morgan fingerprint density at radius 2 is 2.28 bits per heavy atom. The lowest BCUT2D eigenvalue weighted by Gasteiger charge is -2.37. The lowest BCUT2D eigenvalue weighted by molar-refractivity contribution is -0.133. The van der Waals surface area contributed by atoms with Crippen LogP contribution >= 0.6 is 11.8 Å². The highest BCUT2D eigenvalue weighted by atomic mass is 32.2. The molecule has 2 atom stereocenters. The van der Waals surface area contributed by atoms with E-state index < -0.39 is 0 Å². The smallest absolute Gasteiger partial charge is 0.227 e. The van der Waals surface area contributed by atoms with Gasteiger partial charge in [0.05, 0.1) is 5.41 Å². The number of amides is 1. The summed E-state index contributed by atoms with van der Waals surface area (Å²) in [5.74, 6) is 2.39. The van der Waals surface area contributed by atoms with Gasteiger partial charge >= 0.3 is 0 Å². The molecule has 18 heavy (non-hydrogen) atoms. The van der Waals surface area contributed by atoms with Crippen LogP contribution in [0.5, 0.6) is 0 Å². The van der Waals surface area contributed by atoms with Gasteiger partial charge in [-0.2, -0.15) is 11.8 Å². The second-order valence-corrected chi connectivity index (χ2v) is 6.66. The van der Waals surface area contributed by atoms with Crippen LogP contribution in [0.2, 0.25) is 0 Å². The third-order valence-electron chi connectivity index (χ3n) is 3.63. The van der Waals surface area contributed by atoms with Gasteiger partial charge in [-0.15, -0.1) is 0 Å². The molecular weight excluding hydrogens is 244 g/mol. The number of piperidine rings is 1. The maximum absolute atomic E-state index is 12.5. The van der Waals surface area contributed by atoms with Gasteiger partial charge in [0, 0.05) is 18.3 Å². The minimum absolute atomic E-state index is 0.155. The molecule has 1 heterocycles. The zero-order chi connectivity index (χ0) is 13.4. The summed E-state index contributed by atoms with van der Waals surface area (Å²) in [5, 5.41) is 6.60. The van der Waals surface area contributed by atoms with Crippen molar-refractivity contribution in [1.82, 2.24) is 10.6 Å². The van der Waals surface area contributed by atoms with Crippen LogP contribution in [-0.4, -0.2) is 36.5 Å². The highest BCUT2D eigenvalue weighted by Gasteiger charge is 2.38. The molecule has 1 amide bonds. The molecule has 2 unspecified atom stereocenters. The molecule has 1 fully saturated rings. The molecule has 2 N–H and O–H groups in total. The molecule has 1 aliphatic rings. The number of hydrogen-bond donors (Lipinski definition) is 2. The van der Waals surface area contributed by atoms with Crippen LogP contribution in [0.15, 0.2) is 0 Å². The molecule has 1 saturated heterocycles. The van der Waals surface area contributed by atoms with Crippen LogP contribution in [0.3, 0.4) is 0 Å². The monoisotopic (exact) mass is 272 g/mol. The van der Waals surface area contributed by atoms with E-state index in [0.717, 1.165) is 50.3 Å². The largest absolute Gasteiger partial charge is 0.352 e. The van der Waals surface area contributed by atoms with Crippen LogP contribution in [0, 0.1) is 5.41 Å². The highest BCUT2D eigenvalue weighted by molar-refractivity contribution is 7.99. The first-order valence-corrected chi connectivity index (χ1v) is 8.39. The van der Waals surface area contributed by atoms with Crippen molar-refractivity contribution in [3.8, 4) is 0 Å².